The molecule has 22 heavy (non-hydrogen) atoms. The van der Waals surface area contributed by atoms with Crippen molar-refractivity contribution in [1.29, 1.82) is 0 Å². The molecule has 0 saturated carbocycles. The molecule has 0 bridgehead atoms. The van der Waals surface area contributed by atoms with Gasteiger partial charge in [0.05, 0.1) is 12.7 Å². The van der Waals surface area contributed by atoms with Crippen LogP contribution >= 0.6 is 0 Å². The zero-order valence-corrected chi connectivity index (χ0v) is 11.9. The van der Waals surface area contributed by atoms with E-state index in [9.17, 15) is 15.0 Å². The summed E-state index contributed by atoms with van der Waals surface area (Å²) in [6, 6.07) is 9.94. The van der Waals surface area contributed by atoms with Crippen LogP contribution in [-0.4, -0.2) is 29.7 Å². The molecule has 0 fully saturated rings. The van der Waals surface area contributed by atoms with Crippen LogP contribution in [0, 0.1) is 0 Å². The molecular weight excluding hydrogens is 284 g/mol. The molecule has 0 atom stereocenters. The van der Waals surface area contributed by atoms with E-state index in [0.29, 0.717) is 22.4 Å². The monoisotopic (exact) mass is 298 g/mol. The Bertz CT molecular complexity index is 777. The number of phenolic OH excluding ortho intramolecular Hbond substituents is 2. The van der Waals surface area contributed by atoms with Gasteiger partial charge in [-0.1, -0.05) is 12.1 Å². The van der Waals surface area contributed by atoms with Crippen LogP contribution in [0.5, 0.6) is 23.0 Å². The van der Waals surface area contributed by atoms with Gasteiger partial charge in [-0.25, -0.2) is 0 Å². The number of Topliss-reactive ketones (excluding diaryl/α,β-unsaturated/α-hetero) is 1. The molecular formula is C17H14O5. The second-order valence-corrected chi connectivity index (χ2v) is 4.87. The minimum absolute atomic E-state index is 0.117. The Labute approximate surface area is 127 Å². The van der Waals surface area contributed by atoms with E-state index >= 15 is 0 Å². The molecule has 0 spiro atoms. The summed E-state index contributed by atoms with van der Waals surface area (Å²) in [5, 5.41) is 19.3. The van der Waals surface area contributed by atoms with Crippen molar-refractivity contribution in [2.24, 2.45) is 0 Å². The molecule has 0 radical (unpaired) electrons. The van der Waals surface area contributed by atoms with E-state index in [1.54, 1.807) is 24.3 Å². The number of fused-ring (bicyclic) bond motifs is 1. The zero-order chi connectivity index (χ0) is 15.7. The molecule has 5 nitrogen and oxygen atoms in total. The van der Waals surface area contributed by atoms with Crippen LogP contribution in [0.3, 0.4) is 0 Å². The minimum Gasteiger partial charge on any atom is -0.504 e. The highest BCUT2D eigenvalue weighted by atomic mass is 16.5. The number of carbonyl (C=O) groups is 1. The van der Waals surface area contributed by atoms with Crippen molar-refractivity contribution in [1.82, 2.24) is 0 Å². The van der Waals surface area contributed by atoms with Gasteiger partial charge in [-0.05, 0) is 35.9 Å². The number of hydrogen-bond donors (Lipinski definition) is 2. The van der Waals surface area contributed by atoms with Crippen LogP contribution in [0.4, 0.5) is 0 Å². The quantitative estimate of drug-likeness (QED) is 0.658. The molecule has 0 unspecified atom stereocenters. The first kappa shape index (κ1) is 14.0. The lowest BCUT2D eigenvalue weighted by atomic mass is 9.98. The van der Waals surface area contributed by atoms with Crippen molar-refractivity contribution in [3.05, 3.63) is 53.1 Å². The third-order valence-corrected chi connectivity index (χ3v) is 3.44. The topological polar surface area (TPSA) is 76.0 Å². The van der Waals surface area contributed by atoms with Gasteiger partial charge in [-0.2, -0.15) is 0 Å². The lowest BCUT2D eigenvalue weighted by Crippen LogP contribution is -2.18. The molecule has 3 rings (SSSR count). The first-order valence-corrected chi connectivity index (χ1v) is 6.67. The molecule has 0 aliphatic carbocycles. The highest BCUT2D eigenvalue weighted by Gasteiger charge is 2.23. The fraction of sp³-hybridized carbons (Fsp3) is 0.118. The zero-order valence-electron chi connectivity index (χ0n) is 11.9. The molecule has 5 heteroatoms. The number of hydrogen-bond acceptors (Lipinski definition) is 5. The van der Waals surface area contributed by atoms with E-state index in [2.05, 4.69) is 0 Å². The second-order valence-electron chi connectivity index (χ2n) is 4.87. The first-order chi connectivity index (χ1) is 10.6. The molecule has 1 heterocycles. The standard InChI is InChI=1S/C17H14O5/c1-21-15-8-10(7-13(18)17(15)20)6-11-9-22-14-5-3-2-4-12(14)16(11)19/h2-8,18,20H,9H2,1H3/b11-6+. The summed E-state index contributed by atoms with van der Waals surface area (Å²) in [5.41, 5.74) is 1.51. The highest BCUT2D eigenvalue weighted by Crippen LogP contribution is 2.37. The third-order valence-electron chi connectivity index (χ3n) is 3.44. The molecule has 0 amide bonds. The van der Waals surface area contributed by atoms with Crippen molar-refractivity contribution in [3.8, 4) is 23.0 Å². The summed E-state index contributed by atoms with van der Waals surface area (Å²) in [4.78, 5) is 12.4. The first-order valence-electron chi connectivity index (χ1n) is 6.67. The lowest BCUT2D eigenvalue weighted by molar-refractivity contribution is 0.100. The normalized spacial score (nSPS) is 15.3. The lowest BCUT2D eigenvalue weighted by Gasteiger charge is -2.18. The number of ketones is 1. The van der Waals surface area contributed by atoms with Gasteiger partial charge in [0.15, 0.2) is 17.3 Å². The fourth-order valence-electron chi connectivity index (χ4n) is 2.34. The number of rotatable bonds is 2. The molecule has 1 aliphatic heterocycles. The van der Waals surface area contributed by atoms with Crippen molar-refractivity contribution in [3.63, 3.8) is 0 Å². The van der Waals surface area contributed by atoms with Crippen molar-refractivity contribution < 1.29 is 24.5 Å². The van der Waals surface area contributed by atoms with Gasteiger partial charge in [0, 0.05) is 5.57 Å². The van der Waals surface area contributed by atoms with Crippen LogP contribution in [0.1, 0.15) is 15.9 Å². The van der Waals surface area contributed by atoms with Gasteiger partial charge < -0.3 is 19.7 Å². The second kappa shape index (κ2) is 5.44. The van der Waals surface area contributed by atoms with Crippen LogP contribution in [-0.2, 0) is 0 Å². The van der Waals surface area contributed by atoms with Crippen molar-refractivity contribution in [2.45, 2.75) is 0 Å². The number of para-hydroxylation sites is 1. The maximum absolute atomic E-state index is 12.4. The van der Waals surface area contributed by atoms with E-state index < -0.39 is 0 Å². The van der Waals surface area contributed by atoms with E-state index in [0.717, 1.165) is 0 Å². The van der Waals surface area contributed by atoms with Crippen LogP contribution < -0.4 is 9.47 Å². The number of methoxy groups -OCH3 is 1. The maximum Gasteiger partial charge on any atom is 0.200 e. The predicted molar refractivity (Wildman–Crippen MR) is 80.6 cm³/mol. The Kier molecular flexibility index (Phi) is 3.47. The van der Waals surface area contributed by atoms with Crippen molar-refractivity contribution >= 4 is 11.9 Å². The average molecular weight is 298 g/mol. The van der Waals surface area contributed by atoms with Gasteiger partial charge in [-0.3, -0.25) is 4.79 Å². The van der Waals surface area contributed by atoms with Crippen LogP contribution in [0.15, 0.2) is 42.0 Å². The SMILES string of the molecule is COc1cc(/C=C2\COc3ccccc3C2=O)cc(O)c1O. The third kappa shape index (κ3) is 2.37. The van der Waals surface area contributed by atoms with E-state index in [1.807, 2.05) is 6.07 Å². The average Bonchev–Trinajstić information content (AvgIpc) is 2.53. The summed E-state index contributed by atoms with van der Waals surface area (Å²) >= 11 is 0. The Morgan fingerprint density at radius 3 is 2.77 bits per heavy atom. The fourth-order valence-corrected chi connectivity index (χ4v) is 2.34. The smallest absolute Gasteiger partial charge is 0.200 e. The number of carbonyl (C=O) groups excluding carboxylic acids is 1. The van der Waals surface area contributed by atoms with Crippen molar-refractivity contribution in [2.75, 3.05) is 13.7 Å². The molecule has 2 aromatic carbocycles. The molecule has 112 valence electrons. The van der Waals surface area contributed by atoms with E-state index in [1.165, 1.54) is 19.2 Å². The Morgan fingerprint density at radius 2 is 2.00 bits per heavy atom. The number of benzene rings is 2. The van der Waals surface area contributed by atoms with E-state index in [-0.39, 0.29) is 29.6 Å². The summed E-state index contributed by atoms with van der Waals surface area (Å²) in [6.45, 7) is 0.153. The van der Waals surface area contributed by atoms with Gasteiger partial charge in [0.2, 0.25) is 5.75 Å². The summed E-state index contributed by atoms with van der Waals surface area (Å²) in [6.07, 6.45) is 1.61. The number of ether oxygens (including phenoxy) is 2. The molecule has 0 aromatic heterocycles. The summed E-state index contributed by atoms with van der Waals surface area (Å²) < 4.78 is 10.5. The molecule has 0 saturated heterocycles. The summed E-state index contributed by atoms with van der Waals surface area (Å²) in [7, 11) is 1.39. The van der Waals surface area contributed by atoms with Crippen LogP contribution in [0.25, 0.3) is 6.08 Å². The van der Waals surface area contributed by atoms with Gasteiger partial charge >= 0.3 is 0 Å². The van der Waals surface area contributed by atoms with Gasteiger partial charge in [0.25, 0.3) is 0 Å². The Balaban J connectivity index is 2.00. The number of phenols is 2. The molecule has 1 aliphatic rings. The number of aromatic hydroxyl groups is 2. The molecule has 2 N–H and O–H groups in total. The van der Waals surface area contributed by atoms with E-state index in [4.69, 9.17) is 9.47 Å². The Morgan fingerprint density at radius 1 is 1.23 bits per heavy atom. The summed E-state index contributed by atoms with van der Waals surface area (Å²) in [5.74, 6) is -0.0578. The highest BCUT2D eigenvalue weighted by molar-refractivity contribution is 6.14. The Hall–Kier alpha value is -2.95. The van der Waals surface area contributed by atoms with Gasteiger partial charge in [-0.15, -0.1) is 0 Å². The minimum atomic E-state index is -0.332. The molecule has 2 aromatic rings. The van der Waals surface area contributed by atoms with Gasteiger partial charge in [0.1, 0.15) is 12.4 Å². The maximum atomic E-state index is 12.4. The predicted octanol–water partition coefficient (Wildman–Crippen LogP) is 2.77. The largest absolute Gasteiger partial charge is 0.504 e. The van der Waals surface area contributed by atoms with Crippen LogP contribution in [0.2, 0.25) is 0 Å².